The fourth-order valence-corrected chi connectivity index (χ4v) is 5.90. The van der Waals surface area contributed by atoms with E-state index >= 15 is 0 Å². The Bertz CT molecular complexity index is 986. The van der Waals surface area contributed by atoms with Crippen molar-refractivity contribution in [3.05, 3.63) is 96.4 Å². The quantitative estimate of drug-likeness (QED) is 0.518. The molecule has 1 N–H and O–H groups in total. The number of benzene rings is 3. The molecule has 0 bridgehead atoms. The Morgan fingerprint density at radius 1 is 0.857 bits per heavy atom. The van der Waals surface area contributed by atoms with Crippen molar-refractivity contribution in [3.8, 4) is 0 Å². The monoisotopic (exact) mass is 391 g/mol. The molecule has 3 aromatic carbocycles. The highest BCUT2D eigenvalue weighted by Crippen LogP contribution is 2.43. The van der Waals surface area contributed by atoms with Crippen LogP contribution in [0.2, 0.25) is 0 Å². The number of ether oxygens (including phenoxy) is 1. The molecule has 5 heteroatoms. The Balaban J connectivity index is 2.25. The summed E-state index contributed by atoms with van der Waals surface area (Å²) in [6.07, 6.45) is 1.70. The van der Waals surface area contributed by atoms with Crippen LogP contribution in [-0.4, -0.2) is 13.0 Å². The summed E-state index contributed by atoms with van der Waals surface area (Å²) in [5, 5.41) is 4.83. The molecule has 0 atom stereocenters. The van der Waals surface area contributed by atoms with Gasteiger partial charge in [0, 0.05) is 28.9 Å². The van der Waals surface area contributed by atoms with Crippen LogP contribution in [0.4, 0.5) is 0 Å². The van der Waals surface area contributed by atoms with Crippen LogP contribution < -0.4 is 21.2 Å². The Labute approximate surface area is 165 Å². The summed E-state index contributed by atoms with van der Waals surface area (Å²) in [5.41, 5.74) is 0.726. The van der Waals surface area contributed by atoms with Crippen LogP contribution in [0.25, 0.3) is 6.08 Å². The molecule has 142 valence electrons. The molecule has 0 aliphatic heterocycles. The number of amides is 1. The third-order valence-electron chi connectivity index (χ3n) is 4.32. The van der Waals surface area contributed by atoms with E-state index in [1.165, 1.54) is 14.0 Å². The van der Waals surface area contributed by atoms with Crippen molar-refractivity contribution >= 4 is 35.0 Å². The molecule has 0 spiro atoms. The first-order valence-corrected chi connectivity index (χ1v) is 10.6. The molecular formula is C23H22NO3P. The van der Waals surface area contributed by atoms with E-state index < -0.39 is 7.14 Å². The molecule has 1 amide bonds. The molecule has 0 aliphatic rings. The van der Waals surface area contributed by atoms with E-state index in [9.17, 15) is 9.36 Å². The lowest BCUT2D eigenvalue weighted by Crippen LogP contribution is -2.27. The summed E-state index contributed by atoms with van der Waals surface area (Å²) in [6.45, 7) is 1.41. The second-order valence-electron chi connectivity index (χ2n) is 6.23. The van der Waals surface area contributed by atoms with Gasteiger partial charge in [0.2, 0.25) is 5.91 Å². The van der Waals surface area contributed by atoms with E-state index in [0.29, 0.717) is 11.2 Å². The van der Waals surface area contributed by atoms with E-state index in [2.05, 4.69) is 5.32 Å². The molecule has 0 saturated heterocycles. The van der Waals surface area contributed by atoms with Gasteiger partial charge in [0.1, 0.15) is 0 Å². The summed E-state index contributed by atoms with van der Waals surface area (Å²) in [6, 6.07) is 26.4. The molecule has 0 radical (unpaired) electrons. The molecular weight excluding hydrogens is 369 g/mol. The van der Waals surface area contributed by atoms with Gasteiger partial charge in [0.15, 0.2) is 13.0 Å². The first-order chi connectivity index (χ1) is 13.6. The maximum Gasteiger partial charge on any atom is 0.223 e. The number of hydrogen-bond acceptors (Lipinski definition) is 3. The van der Waals surface area contributed by atoms with Crippen LogP contribution in [0.3, 0.4) is 0 Å². The fourth-order valence-electron chi connectivity index (χ4n) is 3.06. The van der Waals surface area contributed by atoms with E-state index in [0.717, 1.165) is 16.2 Å². The van der Waals surface area contributed by atoms with Crippen molar-refractivity contribution < 1.29 is 14.1 Å². The summed E-state index contributed by atoms with van der Waals surface area (Å²) in [4.78, 5) is 11.4. The van der Waals surface area contributed by atoms with E-state index in [-0.39, 0.29) is 5.91 Å². The second kappa shape index (κ2) is 8.73. The van der Waals surface area contributed by atoms with E-state index in [4.69, 9.17) is 4.74 Å². The lowest BCUT2D eigenvalue weighted by atomic mass is 10.2. The molecule has 3 rings (SSSR count). The largest absolute Gasteiger partial charge is 0.482 e. The molecule has 0 fully saturated rings. The van der Waals surface area contributed by atoms with Crippen molar-refractivity contribution in [2.45, 2.75) is 6.92 Å². The normalized spacial score (nSPS) is 11.7. The van der Waals surface area contributed by atoms with Crippen LogP contribution >= 0.6 is 7.14 Å². The van der Waals surface area contributed by atoms with Gasteiger partial charge in [0.05, 0.1) is 7.11 Å². The third kappa shape index (κ3) is 4.08. The number of rotatable bonds is 6. The topological polar surface area (TPSA) is 55.4 Å². The van der Waals surface area contributed by atoms with Gasteiger partial charge in [0.25, 0.3) is 0 Å². The highest BCUT2D eigenvalue weighted by molar-refractivity contribution is 7.85. The van der Waals surface area contributed by atoms with Crippen molar-refractivity contribution in [2.75, 3.05) is 7.11 Å². The summed E-state index contributed by atoms with van der Waals surface area (Å²) in [7, 11) is -1.64. The molecule has 3 aromatic rings. The fraction of sp³-hybridized carbons (Fsp3) is 0.0870. The van der Waals surface area contributed by atoms with Gasteiger partial charge in [-0.15, -0.1) is 0 Å². The lowest BCUT2D eigenvalue weighted by Gasteiger charge is -2.22. The molecule has 0 saturated carbocycles. The summed E-state index contributed by atoms with van der Waals surface area (Å²) < 4.78 is 19.9. The van der Waals surface area contributed by atoms with Crippen LogP contribution in [0.5, 0.6) is 0 Å². The minimum atomic E-state index is -3.13. The SMILES string of the molecule is COC(=Cc1ccccc1P(=O)(c1ccccc1)c1ccccc1)NC(C)=O. The van der Waals surface area contributed by atoms with E-state index in [1.807, 2.05) is 84.9 Å². The smallest absolute Gasteiger partial charge is 0.223 e. The molecule has 4 nitrogen and oxygen atoms in total. The number of hydrogen-bond donors (Lipinski definition) is 1. The number of nitrogens with one attached hydrogen (secondary N) is 1. The van der Waals surface area contributed by atoms with Crippen LogP contribution in [0, 0.1) is 0 Å². The number of carbonyl (C=O) groups is 1. The standard InChI is InChI=1S/C23H22NO3P/c1-18(25)24-23(27-2)17-19-11-9-10-16-22(19)28(26,20-12-5-3-6-13-20)21-14-7-4-8-15-21/h3-17H,1-2H3,(H,24,25). The predicted octanol–water partition coefficient (Wildman–Crippen LogP) is 3.41. The first-order valence-electron chi connectivity index (χ1n) is 8.90. The van der Waals surface area contributed by atoms with Crippen molar-refractivity contribution in [2.24, 2.45) is 0 Å². The van der Waals surface area contributed by atoms with Gasteiger partial charge in [-0.25, -0.2) is 0 Å². The zero-order valence-electron chi connectivity index (χ0n) is 15.8. The lowest BCUT2D eigenvalue weighted by molar-refractivity contribution is -0.119. The van der Waals surface area contributed by atoms with Crippen LogP contribution in [0.15, 0.2) is 90.8 Å². The highest BCUT2D eigenvalue weighted by atomic mass is 31.2. The maximum atomic E-state index is 14.6. The summed E-state index contributed by atoms with van der Waals surface area (Å²) >= 11 is 0. The zero-order valence-corrected chi connectivity index (χ0v) is 16.7. The molecule has 0 heterocycles. The Morgan fingerprint density at radius 3 is 1.86 bits per heavy atom. The minimum absolute atomic E-state index is 0.236. The van der Waals surface area contributed by atoms with Crippen molar-refractivity contribution in [1.82, 2.24) is 5.32 Å². The minimum Gasteiger partial charge on any atom is -0.482 e. The van der Waals surface area contributed by atoms with E-state index in [1.54, 1.807) is 6.08 Å². The predicted molar refractivity (Wildman–Crippen MR) is 115 cm³/mol. The van der Waals surface area contributed by atoms with Crippen LogP contribution in [-0.2, 0) is 14.1 Å². The average Bonchev–Trinajstić information content (AvgIpc) is 2.74. The van der Waals surface area contributed by atoms with Crippen molar-refractivity contribution in [3.63, 3.8) is 0 Å². The van der Waals surface area contributed by atoms with Gasteiger partial charge in [-0.2, -0.15) is 0 Å². The number of carbonyl (C=O) groups excluding carboxylic acids is 1. The van der Waals surface area contributed by atoms with Gasteiger partial charge >= 0.3 is 0 Å². The highest BCUT2D eigenvalue weighted by Gasteiger charge is 2.31. The Morgan fingerprint density at radius 2 is 1.36 bits per heavy atom. The van der Waals surface area contributed by atoms with Crippen molar-refractivity contribution in [1.29, 1.82) is 0 Å². The summed E-state index contributed by atoms with van der Waals surface area (Å²) in [5.74, 6) is 0.0625. The third-order valence-corrected chi connectivity index (χ3v) is 7.46. The van der Waals surface area contributed by atoms with Crippen LogP contribution in [0.1, 0.15) is 12.5 Å². The van der Waals surface area contributed by atoms with Gasteiger partial charge in [-0.3, -0.25) is 10.1 Å². The number of methoxy groups -OCH3 is 1. The molecule has 0 unspecified atom stereocenters. The first kappa shape index (κ1) is 19.7. The zero-order chi connectivity index (χ0) is 20.0. The molecule has 0 aromatic heterocycles. The Hall–Kier alpha value is -3.10. The maximum absolute atomic E-state index is 14.6. The van der Waals surface area contributed by atoms with Gasteiger partial charge in [-0.05, 0) is 5.56 Å². The molecule has 0 aliphatic carbocycles. The van der Waals surface area contributed by atoms with Gasteiger partial charge in [-0.1, -0.05) is 84.9 Å². The Kier molecular flexibility index (Phi) is 6.13. The average molecular weight is 391 g/mol. The molecule has 28 heavy (non-hydrogen) atoms. The second-order valence-corrected chi connectivity index (χ2v) is 8.97. The van der Waals surface area contributed by atoms with Gasteiger partial charge < -0.3 is 9.30 Å².